The highest BCUT2D eigenvalue weighted by molar-refractivity contribution is 6.07. The van der Waals surface area contributed by atoms with Crippen LogP contribution in [-0.4, -0.2) is 65.3 Å². The second-order valence-electron chi connectivity index (χ2n) is 8.13. The molecule has 0 spiro atoms. The molecule has 10 heteroatoms. The number of piperazine rings is 1. The van der Waals surface area contributed by atoms with Gasteiger partial charge in [-0.3, -0.25) is 10.1 Å². The lowest BCUT2D eigenvalue weighted by molar-refractivity contribution is -0.383. The molecule has 1 saturated heterocycles. The maximum Gasteiger partial charge on any atom is 0.410 e. The van der Waals surface area contributed by atoms with E-state index in [4.69, 9.17) is 9.47 Å². The number of carbonyl (C=O) groups excluding carboxylic acids is 2. The summed E-state index contributed by atoms with van der Waals surface area (Å²) >= 11 is 0. The van der Waals surface area contributed by atoms with Gasteiger partial charge in [-0.2, -0.15) is 0 Å². The molecule has 1 aromatic heterocycles. The number of hydrogen-bond donors (Lipinski definition) is 0. The number of hydrogen-bond acceptors (Lipinski definition) is 8. The first-order chi connectivity index (χ1) is 14.6. The van der Waals surface area contributed by atoms with E-state index in [2.05, 4.69) is 4.98 Å². The van der Waals surface area contributed by atoms with Crippen LogP contribution in [0.5, 0.6) is 0 Å². The van der Waals surface area contributed by atoms with Crippen LogP contribution < -0.4 is 4.90 Å². The maximum atomic E-state index is 12.6. The number of nitro benzene ring substituents is 1. The molecule has 0 aliphatic carbocycles. The summed E-state index contributed by atoms with van der Waals surface area (Å²) in [6, 6.07) is 4.65. The fourth-order valence-corrected chi connectivity index (χ4v) is 3.48. The molecule has 2 aromatic rings. The summed E-state index contributed by atoms with van der Waals surface area (Å²) in [6.07, 6.45) is 0.927. The number of para-hydroxylation sites is 1. The summed E-state index contributed by atoms with van der Waals surface area (Å²) in [4.78, 5) is 43.7. The van der Waals surface area contributed by atoms with Gasteiger partial charge < -0.3 is 19.3 Å². The number of amides is 1. The van der Waals surface area contributed by atoms with Gasteiger partial charge in [0.15, 0.2) is 0 Å². The van der Waals surface area contributed by atoms with Crippen molar-refractivity contribution in [2.45, 2.75) is 33.3 Å². The second-order valence-corrected chi connectivity index (χ2v) is 8.13. The van der Waals surface area contributed by atoms with Gasteiger partial charge in [-0.15, -0.1) is 0 Å². The van der Waals surface area contributed by atoms with E-state index in [-0.39, 0.29) is 23.4 Å². The Morgan fingerprint density at radius 2 is 1.87 bits per heavy atom. The molecule has 0 atom stereocenters. The minimum atomic E-state index is -0.592. The summed E-state index contributed by atoms with van der Waals surface area (Å²) in [5.74, 6) is -0.548. The Balaban J connectivity index is 1.97. The van der Waals surface area contributed by atoms with Crippen LogP contribution in [0.15, 0.2) is 24.4 Å². The lowest BCUT2D eigenvalue weighted by Gasteiger charge is -2.37. The standard InChI is InChI=1S/C21H26N4O6/c1-5-30-19(26)15-13-22-17-14(7-6-8-16(17)25(28)29)18(15)23-9-11-24(12-10-23)20(27)31-21(2,3)4/h6-8,13H,5,9-12H2,1-4H3. The zero-order valence-electron chi connectivity index (χ0n) is 18.1. The zero-order valence-corrected chi connectivity index (χ0v) is 18.1. The summed E-state index contributed by atoms with van der Waals surface area (Å²) in [5.41, 5.74) is 0.231. The first-order valence-corrected chi connectivity index (χ1v) is 10.1. The fourth-order valence-electron chi connectivity index (χ4n) is 3.48. The van der Waals surface area contributed by atoms with Gasteiger partial charge in [-0.05, 0) is 27.7 Å². The van der Waals surface area contributed by atoms with E-state index in [0.29, 0.717) is 37.3 Å². The number of anilines is 1. The Labute approximate surface area is 179 Å². The van der Waals surface area contributed by atoms with Crippen LogP contribution in [0.1, 0.15) is 38.1 Å². The van der Waals surface area contributed by atoms with Gasteiger partial charge in [-0.1, -0.05) is 12.1 Å². The Morgan fingerprint density at radius 3 is 2.45 bits per heavy atom. The number of nitro groups is 1. The molecule has 0 bridgehead atoms. The highest BCUT2D eigenvalue weighted by atomic mass is 16.6. The molecule has 1 aliphatic rings. The van der Waals surface area contributed by atoms with Crippen molar-refractivity contribution in [3.05, 3.63) is 40.1 Å². The van der Waals surface area contributed by atoms with E-state index in [1.54, 1.807) is 24.0 Å². The first kappa shape index (κ1) is 22.3. The van der Waals surface area contributed by atoms with E-state index < -0.39 is 22.6 Å². The third kappa shape index (κ3) is 4.84. The Morgan fingerprint density at radius 1 is 1.19 bits per heavy atom. The summed E-state index contributed by atoms with van der Waals surface area (Å²) < 4.78 is 10.6. The quantitative estimate of drug-likeness (QED) is 0.412. The number of pyridine rings is 1. The molecular weight excluding hydrogens is 404 g/mol. The topological polar surface area (TPSA) is 115 Å². The van der Waals surface area contributed by atoms with Crippen LogP contribution >= 0.6 is 0 Å². The summed E-state index contributed by atoms with van der Waals surface area (Å²) in [5, 5.41) is 11.9. The van der Waals surface area contributed by atoms with Crippen LogP contribution in [0.3, 0.4) is 0 Å². The van der Waals surface area contributed by atoms with Crippen LogP contribution in [0.25, 0.3) is 10.9 Å². The molecule has 166 valence electrons. The summed E-state index contributed by atoms with van der Waals surface area (Å²) in [7, 11) is 0. The van der Waals surface area contributed by atoms with E-state index in [1.807, 2.05) is 25.7 Å². The molecule has 1 aliphatic heterocycles. The molecule has 10 nitrogen and oxygen atoms in total. The molecule has 1 fully saturated rings. The molecule has 1 amide bonds. The van der Waals surface area contributed by atoms with Crippen LogP contribution in [0.2, 0.25) is 0 Å². The minimum absolute atomic E-state index is 0.137. The second kappa shape index (κ2) is 8.75. The van der Waals surface area contributed by atoms with Crippen LogP contribution in [-0.2, 0) is 9.47 Å². The van der Waals surface area contributed by atoms with E-state index in [9.17, 15) is 19.7 Å². The molecule has 0 N–H and O–H groups in total. The average Bonchev–Trinajstić information content (AvgIpc) is 2.71. The van der Waals surface area contributed by atoms with Crippen molar-refractivity contribution in [1.82, 2.24) is 9.88 Å². The summed E-state index contributed by atoms with van der Waals surface area (Å²) in [6.45, 7) is 8.94. The number of benzene rings is 1. The molecule has 1 aromatic carbocycles. The van der Waals surface area contributed by atoms with Crippen molar-refractivity contribution in [3.8, 4) is 0 Å². The number of fused-ring (bicyclic) bond motifs is 1. The van der Waals surface area contributed by atoms with Gasteiger partial charge in [0.05, 0.1) is 17.2 Å². The number of carbonyl (C=O) groups is 2. The van der Waals surface area contributed by atoms with E-state index in [0.717, 1.165) is 0 Å². The Hall–Kier alpha value is -3.43. The van der Waals surface area contributed by atoms with Crippen molar-refractivity contribution in [2.75, 3.05) is 37.7 Å². The minimum Gasteiger partial charge on any atom is -0.462 e. The van der Waals surface area contributed by atoms with Gasteiger partial charge >= 0.3 is 12.1 Å². The van der Waals surface area contributed by atoms with Crippen molar-refractivity contribution in [3.63, 3.8) is 0 Å². The predicted molar refractivity (Wildman–Crippen MR) is 114 cm³/mol. The first-order valence-electron chi connectivity index (χ1n) is 10.1. The molecule has 0 radical (unpaired) electrons. The number of aromatic nitrogens is 1. The molecule has 2 heterocycles. The smallest absolute Gasteiger partial charge is 0.410 e. The SMILES string of the molecule is CCOC(=O)c1cnc2c([N+](=O)[O-])cccc2c1N1CCN(C(=O)OC(C)(C)C)CC1. The number of non-ortho nitro benzene ring substituents is 1. The monoisotopic (exact) mass is 430 g/mol. The third-order valence-corrected chi connectivity index (χ3v) is 4.79. The van der Waals surface area contributed by atoms with E-state index in [1.165, 1.54) is 12.3 Å². The highest BCUT2D eigenvalue weighted by Gasteiger charge is 2.30. The van der Waals surface area contributed by atoms with Gasteiger partial charge in [0.1, 0.15) is 16.7 Å². The van der Waals surface area contributed by atoms with Crippen molar-refractivity contribution in [1.29, 1.82) is 0 Å². The highest BCUT2D eigenvalue weighted by Crippen LogP contribution is 2.35. The predicted octanol–water partition coefficient (Wildman–Crippen LogP) is 3.38. The Kier molecular flexibility index (Phi) is 6.28. The number of rotatable bonds is 4. The van der Waals surface area contributed by atoms with Gasteiger partial charge in [0.25, 0.3) is 5.69 Å². The molecule has 31 heavy (non-hydrogen) atoms. The molecular formula is C21H26N4O6. The zero-order chi connectivity index (χ0) is 22.8. The lowest BCUT2D eigenvalue weighted by Crippen LogP contribution is -2.50. The number of nitrogens with zero attached hydrogens (tertiary/aromatic N) is 4. The molecule has 0 unspecified atom stereocenters. The molecule has 0 saturated carbocycles. The van der Waals surface area contributed by atoms with Gasteiger partial charge in [-0.25, -0.2) is 14.6 Å². The number of esters is 1. The van der Waals surface area contributed by atoms with Gasteiger partial charge in [0, 0.05) is 43.8 Å². The fraction of sp³-hybridized carbons (Fsp3) is 0.476. The van der Waals surface area contributed by atoms with Crippen LogP contribution in [0, 0.1) is 10.1 Å². The normalized spacial score (nSPS) is 14.5. The largest absolute Gasteiger partial charge is 0.462 e. The van der Waals surface area contributed by atoms with Crippen molar-refractivity contribution < 1.29 is 24.0 Å². The van der Waals surface area contributed by atoms with Crippen molar-refractivity contribution >= 4 is 34.3 Å². The van der Waals surface area contributed by atoms with Gasteiger partial charge in [0.2, 0.25) is 0 Å². The third-order valence-electron chi connectivity index (χ3n) is 4.79. The Bertz CT molecular complexity index is 1010. The molecule has 3 rings (SSSR count). The lowest BCUT2D eigenvalue weighted by atomic mass is 10.1. The van der Waals surface area contributed by atoms with E-state index >= 15 is 0 Å². The number of ether oxygens (including phenoxy) is 2. The van der Waals surface area contributed by atoms with Crippen LogP contribution in [0.4, 0.5) is 16.2 Å². The maximum absolute atomic E-state index is 12.6. The van der Waals surface area contributed by atoms with Crippen molar-refractivity contribution in [2.24, 2.45) is 0 Å². The average molecular weight is 430 g/mol.